The second-order valence-electron chi connectivity index (χ2n) is 10.5. The Balaban J connectivity index is 3.07. The van der Waals surface area contributed by atoms with Crippen molar-refractivity contribution >= 4 is 5.97 Å². The Morgan fingerprint density at radius 1 is 0.880 bits per heavy atom. The van der Waals surface area contributed by atoms with Crippen molar-refractivity contribution in [3.05, 3.63) is 0 Å². The molecule has 0 radical (unpaired) electrons. The zero-order chi connectivity index (χ0) is 19.4. The second-order valence-corrected chi connectivity index (χ2v) is 10.5. The van der Waals surface area contributed by atoms with Crippen molar-refractivity contribution < 1.29 is 9.53 Å². The van der Waals surface area contributed by atoms with Crippen LogP contribution in [0, 0.1) is 16.2 Å². The summed E-state index contributed by atoms with van der Waals surface area (Å²) in [5, 5.41) is 0. The predicted molar refractivity (Wildman–Crippen MR) is 108 cm³/mol. The fourth-order valence-electron chi connectivity index (χ4n) is 4.11. The van der Waals surface area contributed by atoms with Gasteiger partial charge in [0.05, 0.1) is 5.41 Å². The van der Waals surface area contributed by atoms with Gasteiger partial charge in [-0.15, -0.1) is 0 Å². The lowest BCUT2D eigenvalue weighted by Gasteiger charge is -2.46. The molecular formula is C23H44O2. The van der Waals surface area contributed by atoms with Crippen molar-refractivity contribution in [2.75, 3.05) is 0 Å². The number of hydrogen-bond acceptors (Lipinski definition) is 2. The van der Waals surface area contributed by atoms with Gasteiger partial charge in [-0.1, -0.05) is 74.1 Å². The molecule has 0 spiro atoms. The normalized spacial score (nSPS) is 21.8. The minimum atomic E-state index is -0.461. The van der Waals surface area contributed by atoms with Crippen molar-refractivity contribution in [3.8, 4) is 0 Å². The van der Waals surface area contributed by atoms with E-state index < -0.39 is 5.41 Å². The molecule has 1 saturated carbocycles. The molecule has 0 N–H and O–H groups in total. The maximum Gasteiger partial charge on any atom is 0.312 e. The highest BCUT2D eigenvalue weighted by molar-refractivity contribution is 5.78. The van der Waals surface area contributed by atoms with E-state index in [1.54, 1.807) is 0 Å². The molecule has 0 amide bonds. The highest BCUT2D eigenvalue weighted by Crippen LogP contribution is 2.49. The third-order valence-corrected chi connectivity index (χ3v) is 7.11. The summed E-state index contributed by atoms with van der Waals surface area (Å²) in [7, 11) is 0. The second kappa shape index (κ2) is 8.44. The highest BCUT2D eigenvalue weighted by Gasteiger charge is 2.50. The molecule has 1 atom stereocenters. The fourth-order valence-corrected chi connectivity index (χ4v) is 4.11. The van der Waals surface area contributed by atoms with Crippen LogP contribution in [0.25, 0.3) is 0 Å². The van der Waals surface area contributed by atoms with Gasteiger partial charge >= 0.3 is 5.97 Å². The summed E-state index contributed by atoms with van der Waals surface area (Å²) in [6.45, 7) is 17.7. The third-order valence-electron chi connectivity index (χ3n) is 7.11. The molecule has 0 saturated heterocycles. The Labute approximate surface area is 157 Å². The zero-order valence-electron chi connectivity index (χ0n) is 18.4. The first-order valence-corrected chi connectivity index (χ1v) is 10.6. The number of hydrogen-bond donors (Lipinski definition) is 0. The number of carbonyl (C=O) groups excluding carboxylic acids is 1. The van der Waals surface area contributed by atoms with Gasteiger partial charge in [0.15, 0.2) is 0 Å². The van der Waals surface area contributed by atoms with Crippen LogP contribution in [0.15, 0.2) is 0 Å². The lowest BCUT2D eigenvalue weighted by Crippen LogP contribution is -2.48. The maximum atomic E-state index is 13.5. The molecule has 25 heavy (non-hydrogen) atoms. The number of carbonyl (C=O) groups is 1. The summed E-state index contributed by atoms with van der Waals surface area (Å²) in [5.74, 6) is 0.0314. The Hall–Kier alpha value is -0.530. The number of esters is 1. The van der Waals surface area contributed by atoms with Gasteiger partial charge in [-0.25, -0.2) is 0 Å². The van der Waals surface area contributed by atoms with Crippen molar-refractivity contribution in [3.63, 3.8) is 0 Å². The first kappa shape index (κ1) is 22.5. The molecule has 0 aromatic rings. The summed E-state index contributed by atoms with van der Waals surface area (Å²) < 4.78 is 6.41. The largest absolute Gasteiger partial charge is 0.459 e. The van der Waals surface area contributed by atoms with E-state index in [1.165, 1.54) is 32.1 Å². The molecule has 0 aromatic heterocycles. The van der Waals surface area contributed by atoms with Gasteiger partial charge < -0.3 is 4.74 Å². The number of rotatable bonds is 6. The predicted octanol–water partition coefficient (Wildman–Crippen LogP) is 7.30. The molecule has 2 heteroatoms. The van der Waals surface area contributed by atoms with Crippen LogP contribution >= 0.6 is 0 Å². The van der Waals surface area contributed by atoms with E-state index in [9.17, 15) is 4.79 Å². The summed E-state index contributed by atoms with van der Waals surface area (Å²) in [5.41, 5.74) is -0.675. The molecule has 1 aliphatic carbocycles. The van der Waals surface area contributed by atoms with E-state index in [0.717, 1.165) is 32.1 Å². The first-order chi connectivity index (χ1) is 11.4. The summed E-state index contributed by atoms with van der Waals surface area (Å²) in [6.07, 6.45) is 11.2. The van der Waals surface area contributed by atoms with Crippen LogP contribution < -0.4 is 0 Å². The SMILES string of the molecule is CCC(C)(C)CC(C)(C(=O)OC1(CC)CCCCCCC1)C(C)(C)C. The van der Waals surface area contributed by atoms with Crippen molar-refractivity contribution in [1.82, 2.24) is 0 Å². The Bertz CT molecular complexity index is 422. The molecule has 148 valence electrons. The quantitative estimate of drug-likeness (QED) is 0.469. The van der Waals surface area contributed by atoms with Crippen molar-refractivity contribution in [1.29, 1.82) is 0 Å². The van der Waals surface area contributed by atoms with Gasteiger partial charge in [0.25, 0.3) is 0 Å². The summed E-state index contributed by atoms with van der Waals surface area (Å²) in [6, 6.07) is 0. The Morgan fingerprint density at radius 2 is 1.36 bits per heavy atom. The monoisotopic (exact) mass is 352 g/mol. The molecular weight excluding hydrogens is 308 g/mol. The summed E-state index contributed by atoms with van der Waals surface area (Å²) >= 11 is 0. The molecule has 1 fully saturated rings. The summed E-state index contributed by atoms with van der Waals surface area (Å²) in [4.78, 5) is 13.5. The molecule has 1 aliphatic rings. The number of ether oxygens (including phenoxy) is 1. The topological polar surface area (TPSA) is 26.3 Å². The average molecular weight is 353 g/mol. The van der Waals surface area contributed by atoms with Crippen LogP contribution in [0.4, 0.5) is 0 Å². The van der Waals surface area contributed by atoms with Crippen LogP contribution in [0.1, 0.15) is 120 Å². The van der Waals surface area contributed by atoms with Crippen LogP contribution in [0.2, 0.25) is 0 Å². The van der Waals surface area contributed by atoms with Crippen molar-refractivity contribution in [2.45, 2.75) is 125 Å². The lowest BCUT2D eigenvalue weighted by atomic mass is 9.60. The van der Waals surface area contributed by atoms with Crippen LogP contribution in [0.5, 0.6) is 0 Å². The van der Waals surface area contributed by atoms with E-state index in [4.69, 9.17) is 4.74 Å². The molecule has 0 aromatic carbocycles. The van der Waals surface area contributed by atoms with Crippen LogP contribution in [-0.2, 0) is 9.53 Å². The van der Waals surface area contributed by atoms with Gasteiger partial charge in [0.1, 0.15) is 5.60 Å². The van der Waals surface area contributed by atoms with E-state index in [2.05, 4.69) is 55.4 Å². The van der Waals surface area contributed by atoms with E-state index in [-0.39, 0.29) is 22.4 Å². The van der Waals surface area contributed by atoms with Gasteiger partial charge in [0.2, 0.25) is 0 Å². The van der Waals surface area contributed by atoms with Crippen LogP contribution in [0.3, 0.4) is 0 Å². The Kier molecular flexibility index (Phi) is 7.60. The third kappa shape index (κ3) is 5.73. The molecule has 1 rings (SSSR count). The minimum Gasteiger partial charge on any atom is -0.459 e. The molecule has 0 aliphatic heterocycles. The molecule has 2 nitrogen and oxygen atoms in total. The first-order valence-electron chi connectivity index (χ1n) is 10.6. The average Bonchev–Trinajstić information content (AvgIpc) is 2.48. The Morgan fingerprint density at radius 3 is 1.76 bits per heavy atom. The van der Waals surface area contributed by atoms with Crippen molar-refractivity contribution in [2.24, 2.45) is 16.2 Å². The van der Waals surface area contributed by atoms with E-state index >= 15 is 0 Å². The lowest BCUT2D eigenvalue weighted by molar-refractivity contribution is -0.184. The van der Waals surface area contributed by atoms with Gasteiger partial charge in [-0.2, -0.15) is 0 Å². The standard InChI is InChI=1S/C23H44O2/c1-9-21(6,7)18-22(8,20(3,4)5)19(24)25-23(10-2)16-14-12-11-13-15-17-23/h9-18H2,1-8H3. The minimum absolute atomic E-state index is 0.0314. The molecule has 1 unspecified atom stereocenters. The van der Waals surface area contributed by atoms with E-state index in [0.29, 0.717) is 0 Å². The molecule has 0 heterocycles. The molecule has 0 bridgehead atoms. The maximum absolute atomic E-state index is 13.5. The smallest absolute Gasteiger partial charge is 0.312 e. The van der Waals surface area contributed by atoms with Crippen LogP contribution in [-0.4, -0.2) is 11.6 Å². The van der Waals surface area contributed by atoms with E-state index in [1.807, 2.05) is 0 Å². The van der Waals surface area contributed by atoms with Gasteiger partial charge in [0, 0.05) is 0 Å². The highest BCUT2D eigenvalue weighted by atomic mass is 16.6. The fraction of sp³-hybridized carbons (Fsp3) is 0.957. The zero-order valence-corrected chi connectivity index (χ0v) is 18.4. The van der Waals surface area contributed by atoms with Gasteiger partial charge in [-0.3, -0.25) is 4.79 Å². The van der Waals surface area contributed by atoms with Gasteiger partial charge in [-0.05, 0) is 56.3 Å².